The number of benzene rings is 1. The molecule has 0 saturated carbocycles. The molecule has 23 heavy (non-hydrogen) atoms. The Labute approximate surface area is 135 Å². The minimum Gasteiger partial charge on any atom is -0.310 e. The topological polar surface area (TPSA) is 74.0 Å². The molecule has 0 radical (unpaired) electrons. The Kier molecular flexibility index (Phi) is 4.29. The van der Waals surface area contributed by atoms with Gasteiger partial charge in [-0.3, -0.25) is 4.79 Å². The lowest BCUT2D eigenvalue weighted by molar-refractivity contribution is -0.120. The average Bonchev–Trinajstić information content (AvgIpc) is 3.22. The minimum atomic E-state index is -0.165. The van der Waals surface area contributed by atoms with Gasteiger partial charge in [0, 0.05) is 18.8 Å². The van der Waals surface area contributed by atoms with Gasteiger partial charge in [-0.25, -0.2) is 4.98 Å². The summed E-state index contributed by atoms with van der Waals surface area (Å²) < 4.78 is 1.86. The number of nitriles is 1. The van der Waals surface area contributed by atoms with Crippen molar-refractivity contribution < 1.29 is 4.79 Å². The second kappa shape index (κ2) is 6.53. The molecule has 6 heteroatoms. The van der Waals surface area contributed by atoms with E-state index in [0.717, 1.165) is 12.1 Å². The molecular formula is C17H19N5O. The molecule has 1 amide bonds. The fourth-order valence-corrected chi connectivity index (χ4v) is 3.01. The number of amides is 1. The molecule has 118 valence electrons. The Morgan fingerprint density at radius 2 is 2.17 bits per heavy atom. The number of carbonyl (C=O) groups is 1. The van der Waals surface area contributed by atoms with E-state index in [1.165, 1.54) is 0 Å². The molecule has 0 aliphatic carbocycles. The normalized spacial score (nSPS) is 20.3. The van der Waals surface area contributed by atoms with E-state index in [4.69, 9.17) is 5.26 Å². The van der Waals surface area contributed by atoms with Gasteiger partial charge in [0.05, 0.1) is 12.1 Å². The highest BCUT2D eigenvalue weighted by Crippen LogP contribution is 2.26. The van der Waals surface area contributed by atoms with E-state index in [2.05, 4.69) is 23.4 Å². The summed E-state index contributed by atoms with van der Waals surface area (Å²) in [6.45, 7) is 3.19. The van der Waals surface area contributed by atoms with Gasteiger partial charge in [-0.15, -0.1) is 0 Å². The third-order valence-electron chi connectivity index (χ3n) is 4.33. The summed E-state index contributed by atoms with van der Waals surface area (Å²) in [7, 11) is 0. The standard InChI is InChI=1S/C17H19N5O/c1-2-13-8-21(11-18)9-15(13)17(23)20-16-10-22(12-19-16)14-6-4-3-5-7-14/h3-7,10,12-13,15H,2,8-9H2,1H3,(H,20,23)/t13-,15-/m1/s1. The van der Waals surface area contributed by atoms with Gasteiger partial charge in [0.25, 0.3) is 0 Å². The number of likely N-dealkylation sites (tertiary alicyclic amines) is 1. The second-order valence-corrected chi connectivity index (χ2v) is 5.77. The van der Waals surface area contributed by atoms with Crippen molar-refractivity contribution in [3.05, 3.63) is 42.9 Å². The predicted octanol–water partition coefficient (Wildman–Crippen LogP) is 2.25. The van der Waals surface area contributed by atoms with Crippen LogP contribution in [0.15, 0.2) is 42.9 Å². The molecule has 6 nitrogen and oxygen atoms in total. The monoisotopic (exact) mass is 309 g/mol. The molecule has 1 fully saturated rings. The number of nitrogens with zero attached hydrogens (tertiary/aromatic N) is 4. The maximum Gasteiger partial charge on any atom is 0.230 e. The molecule has 1 N–H and O–H groups in total. The highest BCUT2D eigenvalue weighted by atomic mass is 16.2. The first-order chi connectivity index (χ1) is 11.2. The molecule has 3 rings (SSSR count). The van der Waals surface area contributed by atoms with Crippen LogP contribution in [0.5, 0.6) is 0 Å². The van der Waals surface area contributed by atoms with Crippen LogP contribution >= 0.6 is 0 Å². The van der Waals surface area contributed by atoms with E-state index in [-0.39, 0.29) is 17.7 Å². The van der Waals surface area contributed by atoms with Crippen LogP contribution in [0.25, 0.3) is 5.69 Å². The number of imidazole rings is 1. The number of rotatable bonds is 4. The number of carbonyl (C=O) groups excluding carboxylic acids is 1. The summed E-state index contributed by atoms with van der Waals surface area (Å²) in [6, 6.07) is 9.81. The number of hydrogen-bond donors (Lipinski definition) is 1. The van der Waals surface area contributed by atoms with Crippen molar-refractivity contribution >= 4 is 11.7 Å². The minimum absolute atomic E-state index is 0.0621. The number of hydrogen-bond acceptors (Lipinski definition) is 4. The Balaban J connectivity index is 1.69. The Bertz CT molecular complexity index is 718. The van der Waals surface area contributed by atoms with Crippen molar-refractivity contribution in [3.63, 3.8) is 0 Å². The van der Waals surface area contributed by atoms with Gasteiger partial charge in [0.15, 0.2) is 12.0 Å². The summed E-state index contributed by atoms with van der Waals surface area (Å²) in [5, 5.41) is 11.9. The van der Waals surface area contributed by atoms with Gasteiger partial charge in [-0.2, -0.15) is 5.26 Å². The van der Waals surface area contributed by atoms with E-state index < -0.39 is 0 Å². The van der Waals surface area contributed by atoms with Gasteiger partial charge < -0.3 is 14.8 Å². The molecule has 1 aliphatic heterocycles. The second-order valence-electron chi connectivity index (χ2n) is 5.77. The van der Waals surface area contributed by atoms with Gasteiger partial charge in [0.2, 0.25) is 5.91 Å². The van der Waals surface area contributed by atoms with Crippen molar-refractivity contribution in [3.8, 4) is 11.9 Å². The number of para-hydroxylation sites is 1. The molecule has 0 unspecified atom stereocenters. The lowest BCUT2D eigenvalue weighted by atomic mass is 9.93. The highest BCUT2D eigenvalue weighted by Gasteiger charge is 2.36. The van der Waals surface area contributed by atoms with Crippen LogP contribution in [0.2, 0.25) is 0 Å². The third kappa shape index (κ3) is 3.19. The molecule has 1 saturated heterocycles. The van der Waals surface area contributed by atoms with Crippen LogP contribution in [-0.2, 0) is 4.79 Å². The zero-order valence-electron chi connectivity index (χ0n) is 13.0. The summed E-state index contributed by atoms with van der Waals surface area (Å²) in [6.07, 6.45) is 6.50. The van der Waals surface area contributed by atoms with E-state index in [1.54, 1.807) is 17.4 Å². The largest absolute Gasteiger partial charge is 0.310 e. The fourth-order valence-electron chi connectivity index (χ4n) is 3.01. The Morgan fingerprint density at radius 3 is 2.87 bits per heavy atom. The molecule has 1 aromatic heterocycles. The predicted molar refractivity (Wildman–Crippen MR) is 86.7 cm³/mol. The van der Waals surface area contributed by atoms with Crippen LogP contribution in [0.1, 0.15) is 13.3 Å². The van der Waals surface area contributed by atoms with E-state index in [1.807, 2.05) is 34.9 Å². The average molecular weight is 309 g/mol. The molecule has 2 atom stereocenters. The first-order valence-electron chi connectivity index (χ1n) is 7.76. The lowest BCUT2D eigenvalue weighted by Crippen LogP contribution is -2.28. The Morgan fingerprint density at radius 1 is 1.39 bits per heavy atom. The summed E-state index contributed by atoms with van der Waals surface area (Å²) in [5.74, 6) is 0.518. The van der Waals surface area contributed by atoms with Gasteiger partial charge in [-0.05, 0) is 18.1 Å². The van der Waals surface area contributed by atoms with Crippen molar-refractivity contribution in [2.75, 3.05) is 18.4 Å². The van der Waals surface area contributed by atoms with E-state index in [9.17, 15) is 4.79 Å². The van der Waals surface area contributed by atoms with Crippen molar-refractivity contribution in [2.45, 2.75) is 13.3 Å². The number of aromatic nitrogens is 2. The van der Waals surface area contributed by atoms with Crippen molar-refractivity contribution in [2.24, 2.45) is 11.8 Å². The highest BCUT2D eigenvalue weighted by molar-refractivity contribution is 5.92. The zero-order chi connectivity index (χ0) is 16.2. The van der Waals surface area contributed by atoms with Crippen molar-refractivity contribution in [1.29, 1.82) is 5.26 Å². The van der Waals surface area contributed by atoms with Crippen LogP contribution in [0, 0.1) is 23.3 Å². The van der Waals surface area contributed by atoms with Crippen LogP contribution in [-0.4, -0.2) is 33.4 Å². The number of nitrogens with one attached hydrogen (secondary N) is 1. The quantitative estimate of drug-likeness (QED) is 0.879. The molecule has 2 heterocycles. The summed E-state index contributed by atoms with van der Waals surface area (Å²) in [4.78, 5) is 18.4. The first kappa shape index (κ1) is 15.1. The van der Waals surface area contributed by atoms with Crippen LogP contribution in [0.4, 0.5) is 5.82 Å². The van der Waals surface area contributed by atoms with Gasteiger partial charge >= 0.3 is 0 Å². The maximum atomic E-state index is 12.5. The summed E-state index contributed by atoms with van der Waals surface area (Å²) >= 11 is 0. The first-order valence-corrected chi connectivity index (χ1v) is 7.76. The molecule has 1 aromatic carbocycles. The van der Waals surface area contributed by atoms with Gasteiger partial charge in [-0.1, -0.05) is 31.5 Å². The van der Waals surface area contributed by atoms with Crippen LogP contribution in [0.3, 0.4) is 0 Å². The Hall–Kier alpha value is -2.81. The molecule has 2 aromatic rings. The SMILES string of the molecule is CC[C@@H]1CN(C#N)C[C@H]1C(=O)Nc1cn(-c2ccccc2)cn1. The van der Waals surface area contributed by atoms with E-state index >= 15 is 0 Å². The van der Waals surface area contributed by atoms with E-state index in [0.29, 0.717) is 18.9 Å². The molecular weight excluding hydrogens is 290 g/mol. The third-order valence-corrected chi connectivity index (χ3v) is 4.33. The smallest absolute Gasteiger partial charge is 0.230 e. The molecule has 0 bridgehead atoms. The lowest BCUT2D eigenvalue weighted by Gasteiger charge is -2.14. The fraction of sp³-hybridized carbons (Fsp3) is 0.353. The summed E-state index contributed by atoms with van der Waals surface area (Å²) in [5.41, 5.74) is 0.989. The zero-order valence-corrected chi connectivity index (χ0v) is 13.0. The van der Waals surface area contributed by atoms with Crippen LogP contribution < -0.4 is 5.32 Å². The molecule has 1 aliphatic rings. The molecule has 0 spiro atoms. The number of anilines is 1. The maximum absolute atomic E-state index is 12.5. The van der Waals surface area contributed by atoms with Gasteiger partial charge in [0.1, 0.15) is 6.33 Å². The van der Waals surface area contributed by atoms with Crippen molar-refractivity contribution in [1.82, 2.24) is 14.5 Å².